The van der Waals surface area contributed by atoms with E-state index in [-0.39, 0.29) is 12.3 Å². The zero-order valence-electron chi connectivity index (χ0n) is 11.8. The molecule has 1 aliphatic carbocycles. The Labute approximate surface area is 131 Å². The highest BCUT2D eigenvalue weighted by Gasteiger charge is 2.27. The standard InChI is InChI=1S/C16H14N4OS/c21-13(18-16-20-19-15(22-16)11-6-7-11)9-12-4-1-3-10-5-2-8-17-14(10)12/h1-5,8,11H,6-7,9H2,(H,18,20,21). The van der Waals surface area contributed by atoms with Gasteiger partial charge in [0, 0.05) is 17.5 Å². The molecule has 110 valence electrons. The summed E-state index contributed by atoms with van der Waals surface area (Å²) in [5.74, 6) is 0.474. The van der Waals surface area contributed by atoms with E-state index in [0.29, 0.717) is 11.0 Å². The molecule has 0 radical (unpaired) electrons. The third-order valence-electron chi connectivity index (χ3n) is 3.68. The predicted octanol–water partition coefficient (Wildman–Crippen LogP) is 3.14. The van der Waals surface area contributed by atoms with E-state index in [9.17, 15) is 4.79 Å². The van der Waals surface area contributed by atoms with E-state index >= 15 is 0 Å². The summed E-state index contributed by atoms with van der Waals surface area (Å²) in [5.41, 5.74) is 1.79. The lowest BCUT2D eigenvalue weighted by Crippen LogP contribution is -2.14. The summed E-state index contributed by atoms with van der Waals surface area (Å²) in [6.45, 7) is 0. The summed E-state index contributed by atoms with van der Waals surface area (Å²) in [5, 5.41) is 13.7. The van der Waals surface area contributed by atoms with Gasteiger partial charge < -0.3 is 5.32 Å². The highest BCUT2D eigenvalue weighted by Crippen LogP contribution is 2.42. The first-order valence-corrected chi connectivity index (χ1v) is 8.07. The second-order valence-corrected chi connectivity index (χ2v) is 6.45. The van der Waals surface area contributed by atoms with Crippen LogP contribution < -0.4 is 5.32 Å². The molecule has 1 fully saturated rings. The molecule has 0 bridgehead atoms. The highest BCUT2D eigenvalue weighted by molar-refractivity contribution is 7.15. The van der Waals surface area contributed by atoms with Gasteiger partial charge in [0.1, 0.15) is 5.01 Å². The molecule has 0 atom stereocenters. The summed E-state index contributed by atoms with van der Waals surface area (Å²) < 4.78 is 0. The van der Waals surface area contributed by atoms with Crippen molar-refractivity contribution in [1.29, 1.82) is 0 Å². The van der Waals surface area contributed by atoms with Crippen LogP contribution in [0.5, 0.6) is 0 Å². The normalized spacial score (nSPS) is 14.2. The number of fused-ring (bicyclic) bond motifs is 1. The van der Waals surface area contributed by atoms with Crippen molar-refractivity contribution in [1.82, 2.24) is 15.2 Å². The molecular weight excluding hydrogens is 296 g/mol. The third-order valence-corrected chi connectivity index (χ3v) is 4.68. The Morgan fingerprint density at radius 3 is 2.95 bits per heavy atom. The molecule has 0 aliphatic heterocycles. The van der Waals surface area contributed by atoms with Crippen molar-refractivity contribution in [3.8, 4) is 0 Å². The van der Waals surface area contributed by atoms with Crippen molar-refractivity contribution in [2.75, 3.05) is 5.32 Å². The average Bonchev–Trinajstić information content (AvgIpc) is 3.28. The van der Waals surface area contributed by atoms with Gasteiger partial charge in [-0.25, -0.2) is 0 Å². The Balaban J connectivity index is 1.50. The van der Waals surface area contributed by atoms with Gasteiger partial charge in [0.25, 0.3) is 0 Å². The SMILES string of the molecule is O=C(Cc1cccc2cccnc12)Nc1nnc(C2CC2)s1. The zero-order chi connectivity index (χ0) is 14.9. The minimum absolute atomic E-state index is 0.0864. The number of pyridine rings is 1. The van der Waals surface area contributed by atoms with Gasteiger partial charge in [-0.05, 0) is 24.5 Å². The molecule has 0 spiro atoms. The lowest BCUT2D eigenvalue weighted by Gasteiger charge is -2.05. The number of carbonyl (C=O) groups is 1. The van der Waals surface area contributed by atoms with Crippen molar-refractivity contribution in [2.24, 2.45) is 0 Å². The molecule has 22 heavy (non-hydrogen) atoms. The van der Waals surface area contributed by atoms with Gasteiger partial charge >= 0.3 is 0 Å². The van der Waals surface area contributed by atoms with Crippen LogP contribution >= 0.6 is 11.3 Å². The van der Waals surface area contributed by atoms with E-state index < -0.39 is 0 Å². The second kappa shape index (κ2) is 5.46. The van der Waals surface area contributed by atoms with Crippen molar-refractivity contribution >= 4 is 33.3 Å². The Morgan fingerprint density at radius 2 is 2.09 bits per heavy atom. The largest absolute Gasteiger partial charge is 0.300 e. The smallest absolute Gasteiger partial charge is 0.230 e. The van der Waals surface area contributed by atoms with E-state index in [2.05, 4.69) is 20.5 Å². The van der Waals surface area contributed by atoms with Crippen molar-refractivity contribution in [3.05, 3.63) is 47.1 Å². The van der Waals surface area contributed by atoms with Gasteiger partial charge in [0.2, 0.25) is 11.0 Å². The van der Waals surface area contributed by atoms with Crippen molar-refractivity contribution < 1.29 is 4.79 Å². The minimum atomic E-state index is -0.0864. The molecule has 4 rings (SSSR count). The number of anilines is 1. The molecule has 0 saturated heterocycles. The number of hydrogen-bond donors (Lipinski definition) is 1. The van der Waals surface area contributed by atoms with Crippen LogP contribution in [0.4, 0.5) is 5.13 Å². The number of carbonyl (C=O) groups excluding carboxylic acids is 1. The number of para-hydroxylation sites is 1. The molecule has 6 heteroatoms. The van der Waals surface area contributed by atoms with Gasteiger partial charge in [0.15, 0.2) is 0 Å². The van der Waals surface area contributed by atoms with Crippen LogP contribution in [-0.2, 0) is 11.2 Å². The first kappa shape index (κ1) is 13.3. The number of nitrogens with zero attached hydrogens (tertiary/aromatic N) is 3. The fraction of sp³-hybridized carbons (Fsp3) is 0.250. The van der Waals surface area contributed by atoms with Crippen molar-refractivity contribution in [3.63, 3.8) is 0 Å². The molecule has 1 saturated carbocycles. The van der Waals surface area contributed by atoms with Crippen LogP contribution in [0.15, 0.2) is 36.5 Å². The Hall–Kier alpha value is -2.34. The average molecular weight is 310 g/mol. The third kappa shape index (κ3) is 2.69. The molecule has 0 unspecified atom stereocenters. The quantitative estimate of drug-likeness (QED) is 0.804. The maximum absolute atomic E-state index is 12.2. The van der Waals surface area contributed by atoms with Crippen LogP contribution in [0.2, 0.25) is 0 Å². The van der Waals surface area contributed by atoms with E-state index in [1.54, 1.807) is 6.20 Å². The lowest BCUT2D eigenvalue weighted by atomic mass is 10.1. The maximum Gasteiger partial charge on any atom is 0.230 e. The number of hydrogen-bond acceptors (Lipinski definition) is 5. The fourth-order valence-electron chi connectivity index (χ4n) is 2.43. The number of aromatic nitrogens is 3. The Bertz CT molecular complexity index is 836. The zero-order valence-corrected chi connectivity index (χ0v) is 12.6. The first-order valence-electron chi connectivity index (χ1n) is 7.25. The molecule has 1 N–H and O–H groups in total. The highest BCUT2D eigenvalue weighted by atomic mass is 32.1. The van der Waals surface area contributed by atoms with E-state index in [1.807, 2.05) is 30.3 Å². The molecule has 1 aliphatic rings. The summed E-state index contributed by atoms with van der Waals surface area (Å²) in [4.78, 5) is 16.6. The number of amides is 1. The fourth-order valence-corrected chi connectivity index (χ4v) is 3.36. The van der Waals surface area contributed by atoms with E-state index in [0.717, 1.165) is 21.5 Å². The molecule has 5 nitrogen and oxygen atoms in total. The van der Waals surface area contributed by atoms with Crippen LogP contribution in [0.3, 0.4) is 0 Å². The van der Waals surface area contributed by atoms with Crippen LogP contribution in [0.25, 0.3) is 10.9 Å². The summed E-state index contributed by atoms with van der Waals surface area (Å²) in [6.07, 6.45) is 4.40. The molecule has 2 aromatic heterocycles. The van der Waals surface area contributed by atoms with E-state index in [4.69, 9.17) is 0 Å². The number of rotatable bonds is 4. The van der Waals surface area contributed by atoms with Gasteiger partial charge in [-0.15, -0.1) is 10.2 Å². The summed E-state index contributed by atoms with van der Waals surface area (Å²) >= 11 is 1.48. The first-order chi connectivity index (χ1) is 10.8. The van der Waals surface area contributed by atoms with Crippen LogP contribution in [-0.4, -0.2) is 21.1 Å². The maximum atomic E-state index is 12.2. The Morgan fingerprint density at radius 1 is 1.23 bits per heavy atom. The van der Waals surface area contributed by atoms with E-state index in [1.165, 1.54) is 24.2 Å². The molecular formula is C16H14N4OS. The Kier molecular flexibility index (Phi) is 3.31. The topological polar surface area (TPSA) is 67.8 Å². The van der Waals surface area contributed by atoms with Crippen LogP contribution in [0.1, 0.15) is 29.3 Å². The molecule has 1 aromatic carbocycles. The lowest BCUT2D eigenvalue weighted by molar-refractivity contribution is -0.115. The van der Waals surface area contributed by atoms with Gasteiger partial charge in [-0.1, -0.05) is 35.6 Å². The minimum Gasteiger partial charge on any atom is -0.300 e. The summed E-state index contributed by atoms with van der Waals surface area (Å²) in [7, 11) is 0. The van der Waals surface area contributed by atoms with Gasteiger partial charge in [0.05, 0.1) is 11.9 Å². The van der Waals surface area contributed by atoms with Gasteiger partial charge in [-0.2, -0.15) is 0 Å². The molecule has 2 heterocycles. The van der Waals surface area contributed by atoms with Gasteiger partial charge in [-0.3, -0.25) is 9.78 Å². The predicted molar refractivity (Wildman–Crippen MR) is 86.0 cm³/mol. The number of nitrogens with one attached hydrogen (secondary N) is 1. The number of benzene rings is 1. The second-order valence-electron chi connectivity index (χ2n) is 5.44. The molecule has 3 aromatic rings. The van der Waals surface area contributed by atoms with Crippen LogP contribution in [0, 0.1) is 0 Å². The summed E-state index contributed by atoms with van der Waals surface area (Å²) in [6, 6.07) is 9.77. The molecule has 1 amide bonds. The van der Waals surface area contributed by atoms with Crippen molar-refractivity contribution in [2.45, 2.75) is 25.2 Å². The monoisotopic (exact) mass is 310 g/mol.